The first kappa shape index (κ1) is 17.4. The lowest BCUT2D eigenvalue weighted by Gasteiger charge is -2.32. The first-order valence-corrected chi connectivity index (χ1v) is 9.43. The van der Waals surface area contributed by atoms with Gasteiger partial charge in [0.15, 0.2) is 0 Å². The molecule has 132 valence electrons. The zero-order valence-electron chi connectivity index (χ0n) is 14.6. The maximum Gasteiger partial charge on any atom is 0.220 e. The monoisotopic (exact) mass is 330 g/mol. The van der Waals surface area contributed by atoms with Crippen molar-refractivity contribution >= 4 is 5.91 Å². The molecule has 4 nitrogen and oxygen atoms in total. The van der Waals surface area contributed by atoms with Gasteiger partial charge in [-0.2, -0.15) is 0 Å². The van der Waals surface area contributed by atoms with E-state index in [4.69, 9.17) is 4.74 Å². The zero-order valence-corrected chi connectivity index (χ0v) is 14.6. The van der Waals surface area contributed by atoms with Crippen molar-refractivity contribution < 1.29 is 9.53 Å². The Hall–Kier alpha value is -1.39. The number of amides is 1. The van der Waals surface area contributed by atoms with Crippen molar-refractivity contribution in [2.24, 2.45) is 5.92 Å². The molecule has 4 heteroatoms. The number of nitrogens with one attached hydrogen (secondary N) is 1. The largest absolute Gasteiger partial charge is 0.381 e. The predicted octanol–water partition coefficient (Wildman–Crippen LogP) is 2.63. The standard InChI is InChI=1S/C20H30N2O2/c23-20(21-19-9-14-24-15-10-19)16-18-7-12-22(13-8-18)11-6-17-4-2-1-3-5-17/h1-5,18-19H,6-16H2,(H,21,23). The van der Waals surface area contributed by atoms with Gasteiger partial charge in [0.05, 0.1) is 0 Å². The summed E-state index contributed by atoms with van der Waals surface area (Å²) in [5, 5.41) is 3.19. The van der Waals surface area contributed by atoms with Crippen molar-refractivity contribution in [2.45, 2.75) is 44.6 Å². The van der Waals surface area contributed by atoms with Gasteiger partial charge in [0.25, 0.3) is 0 Å². The summed E-state index contributed by atoms with van der Waals surface area (Å²) in [6.45, 7) is 4.95. The highest BCUT2D eigenvalue weighted by molar-refractivity contribution is 5.76. The summed E-state index contributed by atoms with van der Waals surface area (Å²) in [4.78, 5) is 14.7. The second-order valence-electron chi connectivity index (χ2n) is 7.18. The molecule has 0 unspecified atom stereocenters. The molecular formula is C20H30N2O2. The van der Waals surface area contributed by atoms with Crippen LogP contribution in [0.2, 0.25) is 0 Å². The zero-order chi connectivity index (χ0) is 16.6. The Morgan fingerprint density at radius 1 is 1.08 bits per heavy atom. The highest BCUT2D eigenvalue weighted by Crippen LogP contribution is 2.21. The van der Waals surface area contributed by atoms with Crippen LogP contribution in [0.5, 0.6) is 0 Å². The molecule has 0 spiro atoms. The number of nitrogens with zero attached hydrogens (tertiary/aromatic N) is 1. The minimum Gasteiger partial charge on any atom is -0.381 e. The predicted molar refractivity (Wildman–Crippen MR) is 95.9 cm³/mol. The van der Waals surface area contributed by atoms with E-state index in [0.29, 0.717) is 18.4 Å². The van der Waals surface area contributed by atoms with Crippen molar-refractivity contribution in [3.63, 3.8) is 0 Å². The van der Waals surface area contributed by atoms with Crippen LogP contribution in [0.15, 0.2) is 30.3 Å². The molecule has 2 heterocycles. The van der Waals surface area contributed by atoms with Gasteiger partial charge >= 0.3 is 0 Å². The molecule has 0 aromatic heterocycles. The van der Waals surface area contributed by atoms with Crippen LogP contribution in [0, 0.1) is 5.92 Å². The molecule has 1 aromatic rings. The van der Waals surface area contributed by atoms with Gasteiger partial charge in [0.1, 0.15) is 0 Å². The normalized spacial score (nSPS) is 20.8. The molecule has 0 atom stereocenters. The summed E-state index contributed by atoms with van der Waals surface area (Å²) in [6, 6.07) is 11.0. The fraction of sp³-hybridized carbons (Fsp3) is 0.650. The molecule has 0 radical (unpaired) electrons. The molecule has 24 heavy (non-hydrogen) atoms. The van der Waals surface area contributed by atoms with Crippen molar-refractivity contribution in [1.29, 1.82) is 0 Å². The van der Waals surface area contributed by atoms with E-state index in [2.05, 4.69) is 40.5 Å². The van der Waals surface area contributed by atoms with E-state index in [1.807, 2.05) is 0 Å². The molecule has 0 saturated carbocycles. The number of benzene rings is 1. The Bertz CT molecular complexity index is 492. The van der Waals surface area contributed by atoms with E-state index in [9.17, 15) is 4.79 Å². The van der Waals surface area contributed by atoms with Gasteiger partial charge in [0.2, 0.25) is 5.91 Å². The van der Waals surface area contributed by atoms with Crippen molar-refractivity contribution in [2.75, 3.05) is 32.8 Å². The average molecular weight is 330 g/mol. The lowest BCUT2D eigenvalue weighted by Crippen LogP contribution is -2.41. The molecule has 3 rings (SSSR count). The van der Waals surface area contributed by atoms with Gasteiger partial charge in [-0.05, 0) is 56.7 Å². The van der Waals surface area contributed by atoms with Crippen LogP contribution < -0.4 is 5.32 Å². The number of ether oxygens (including phenoxy) is 1. The summed E-state index contributed by atoms with van der Waals surface area (Å²) >= 11 is 0. The van der Waals surface area contributed by atoms with Crippen LogP contribution >= 0.6 is 0 Å². The summed E-state index contributed by atoms with van der Waals surface area (Å²) in [7, 11) is 0. The Labute approximate surface area is 145 Å². The van der Waals surface area contributed by atoms with Gasteiger partial charge in [-0.25, -0.2) is 0 Å². The lowest BCUT2D eigenvalue weighted by atomic mass is 9.92. The van der Waals surface area contributed by atoms with Crippen LogP contribution in [-0.2, 0) is 16.0 Å². The lowest BCUT2D eigenvalue weighted by molar-refractivity contribution is -0.123. The SMILES string of the molecule is O=C(CC1CCN(CCc2ccccc2)CC1)NC1CCOCC1. The quantitative estimate of drug-likeness (QED) is 0.872. The first-order valence-electron chi connectivity index (χ1n) is 9.43. The third-order valence-electron chi connectivity index (χ3n) is 5.33. The Balaban J connectivity index is 1.32. The van der Waals surface area contributed by atoms with Gasteiger partial charge < -0.3 is 15.0 Å². The maximum absolute atomic E-state index is 12.2. The van der Waals surface area contributed by atoms with Crippen molar-refractivity contribution in [3.8, 4) is 0 Å². The summed E-state index contributed by atoms with van der Waals surface area (Å²) in [5.41, 5.74) is 1.41. The van der Waals surface area contributed by atoms with Gasteiger partial charge in [-0.1, -0.05) is 30.3 Å². The number of carbonyl (C=O) groups is 1. The molecule has 1 aromatic carbocycles. The van der Waals surface area contributed by atoms with E-state index in [1.165, 1.54) is 5.56 Å². The second-order valence-corrected chi connectivity index (χ2v) is 7.18. The minimum atomic E-state index is 0.240. The van der Waals surface area contributed by atoms with Crippen molar-refractivity contribution in [1.82, 2.24) is 10.2 Å². The molecule has 1 N–H and O–H groups in total. The number of hydrogen-bond donors (Lipinski definition) is 1. The molecule has 2 saturated heterocycles. The minimum absolute atomic E-state index is 0.240. The molecule has 0 bridgehead atoms. The second kappa shape index (κ2) is 9.19. The number of hydrogen-bond acceptors (Lipinski definition) is 3. The Morgan fingerprint density at radius 3 is 2.50 bits per heavy atom. The maximum atomic E-state index is 12.2. The Morgan fingerprint density at radius 2 is 1.79 bits per heavy atom. The number of likely N-dealkylation sites (tertiary alicyclic amines) is 1. The van der Waals surface area contributed by atoms with Crippen LogP contribution in [0.25, 0.3) is 0 Å². The smallest absolute Gasteiger partial charge is 0.220 e. The summed E-state index contributed by atoms with van der Waals surface area (Å²) < 4.78 is 5.34. The van der Waals surface area contributed by atoms with Crippen LogP contribution in [0.3, 0.4) is 0 Å². The first-order chi connectivity index (χ1) is 11.8. The van der Waals surface area contributed by atoms with Gasteiger partial charge in [-0.15, -0.1) is 0 Å². The molecule has 2 aliphatic rings. The highest BCUT2D eigenvalue weighted by atomic mass is 16.5. The van der Waals surface area contributed by atoms with Gasteiger partial charge in [0, 0.05) is 32.2 Å². The van der Waals surface area contributed by atoms with Crippen LogP contribution in [0.4, 0.5) is 0 Å². The molecular weight excluding hydrogens is 300 g/mol. The van der Waals surface area contributed by atoms with E-state index >= 15 is 0 Å². The topological polar surface area (TPSA) is 41.6 Å². The molecule has 1 amide bonds. The fourth-order valence-electron chi connectivity index (χ4n) is 3.74. The van der Waals surface area contributed by atoms with Crippen molar-refractivity contribution in [3.05, 3.63) is 35.9 Å². The number of rotatable bonds is 6. The molecule has 2 fully saturated rings. The van der Waals surface area contributed by atoms with Crippen LogP contribution in [0.1, 0.15) is 37.7 Å². The summed E-state index contributed by atoms with van der Waals surface area (Å²) in [6.07, 6.45) is 6.04. The van der Waals surface area contributed by atoms with Crippen LogP contribution in [-0.4, -0.2) is 49.7 Å². The Kier molecular flexibility index (Phi) is 6.67. The van der Waals surface area contributed by atoms with E-state index in [-0.39, 0.29) is 5.91 Å². The third kappa shape index (κ3) is 5.60. The van der Waals surface area contributed by atoms with E-state index in [1.54, 1.807) is 0 Å². The molecule has 0 aliphatic carbocycles. The number of piperidine rings is 1. The number of carbonyl (C=O) groups excluding carboxylic acids is 1. The van der Waals surface area contributed by atoms with Gasteiger partial charge in [-0.3, -0.25) is 4.79 Å². The van der Waals surface area contributed by atoms with E-state index in [0.717, 1.165) is 65.0 Å². The van der Waals surface area contributed by atoms with E-state index < -0.39 is 0 Å². The summed E-state index contributed by atoms with van der Waals surface area (Å²) in [5.74, 6) is 0.794. The highest BCUT2D eigenvalue weighted by Gasteiger charge is 2.23. The third-order valence-corrected chi connectivity index (χ3v) is 5.33. The average Bonchev–Trinajstić information content (AvgIpc) is 2.63. The molecule has 2 aliphatic heterocycles. The fourth-order valence-corrected chi connectivity index (χ4v) is 3.74.